The molecule has 21 heavy (non-hydrogen) atoms. The highest BCUT2D eigenvalue weighted by molar-refractivity contribution is 5.95. The van der Waals surface area contributed by atoms with Crippen LogP contribution < -0.4 is 5.32 Å². The minimum absolute atomic E-state index is 0.129. The highest BCUT2D eigenvalue weighted by Gasteiger charge is 2.15. The van der Waals surface area contributed by atoms with Crippen molar-refractivity contribution in [3.63, 3.8) is 0 Å². The highest BCUT2D eigenvalue weighted by atomic mass is 16.2. The molecule has 4 heteroatoms. The van der Waals surface area contributed by atoms with E-state index in [-0.39, 0.29) is 5.91 Å². The van der Waals surface area contributed by atoms with Gasteiger partial charge in [-0.15, -0.1) is 0 Å². The second kappa shape index (κ2) is 8.67. The van der Waals surface area contributed by atoms with E-state index in [1.54, 1.807) is 0 Å². The fourth-order valence-electron chi connectivity index (χ4n) is 2.27. The quantitative estimate of drug-likeness (QED) is 0.800. The van der Waals surface area contributed by atoms with Crippen LogP contribution in [0.5, 0.6) is 0 Å². The van der Waals surface area contributed by atoms with Gasteiger partial charge in [-0.1, -0.05) is 6.92 Å². The lowest BCUT2D eigenvalue weighted by Gasteiger charge is -2.24. The van der Waals surface area contributed by atoms with Gasteiger partial charge in [0, 0.05) is 37.4 Å². The number of benzene rings is 1. The first-order chi connectivity index (χ1) is 9.99. The van der Waals surface area contributed by atoms with E-state index < -0.39 is 0 Å². The number of carbonyl (C=O) groups is 1. The largest absolute Gasteiger partial charge is 0.385 e. The van der Waals surface area contributed by atoms with Gasteiger partial charge in [0.25, 0.3) is 5.91 Å². The summed E-state index contributed by atoms with van der Waals surface area (Å²) >= 11 is 0. The van der Waals surface area contributed by atoms with Gasteiger partial charge in [0.2, 0.25) is 0 Å². The molecule has 0 bridgehead atoms. The van der Waals surface area contributed by atoms with Crippen molar-refractivity contribution in [1.82, 2.24) is 9.80 Å². The summed E-state index contributed by atoms with van der Waals surface area (Å²) in [5, 5.41) is 3.30. The number of rotatable bonds is 8. The van der Waals surface area contributed by atoms with Gasteiger partial charge in [0.1, 0.15) is 0 Å². The van der Waals surface area contributed by atoms with Gasteiger partial charge < -0.3 is 15.1 Å². The molecule has 0 saturated heterocycles. The van der Waals surface area contributed by atoms with Gasteiger partial charge in [-0.3, -0.25) is 4.79 Å². The lowest BCUT2D eigenvalue weighted by Crippen LogP contribution is -2.37. The monoisotopic (exact) mass is 291 g/mol. The first kappa shape index (κ1) is 17.5. The number of nitrogens with zero attached hydrogens (tertiary/aromatic N) is 2. The number of hydrogen-bond acceptors (Lipinski definition) is 3. The van der Waals surface area contributed by atoms with E-state index in [4.69, 9.17) is 0 Å². The number of likely N-dealkylation sites (N-methyl/N-ethyl adjacent to an activating group) is 1. The van der Waals surface area contributed by atoms with Crippen LogP contribution in [0, 0.1) is 6.92 Å². The molecule has 1 aromatic rings. The molecule has 0 aliphatic heterocycles. The maximum absolute atomic E-state index is 12.7. The van der Waals surface area contributed by atoms with Crippen molar-refractivity contribution in [3.05, 3.63) is 29.3 Å². The molecule has 0 spiro atoms. The average molecular weight is 291 g/mol. The third-order valence-electron chi connectivity index (χ3n) is 3.44. The number of carbonyl (C=O) groups excluding carboxylic acids is 1. The summed E-state index contributed by atoms with van der Waals surface area (Å²) in [7, 11) is 4.06. The van der Waals surface area contributed by atoms with E-state index in [0.717, 1.165) is 49.4 Å². The van der Waals surface area contributed by atoms with Crippen LogP contribution in [-0.2, 0) is 0 Å². The van der Waals surface area contributed by atoms with Gasteiger partial charge in [-0.25, -0.2) is 0 Å². The molecule has 118 valence electrons. The van der Waals surface area contributed by atoms with Crippen molar-refractivity contribution < 1.29 is 4.79 Å². The molecule has 0 aliphatic rings. The molecule has 0 aliphatic carbocycles. The maximum atomic E-state index is 12.7. The Kier molecular flexibility index (Phi) is 7.23. The summed E-state index contributed by atoms with van der Waals surface area (Å²) in [6.45, 7) is 9.57. The third-order valence-corrected chi connectivity index (χ3v) is 3.44. The molecule has 0 aromatic heterocycles. The summed E-state index contributed by atoms with van der Waals surface area (Å²) in [6.07, 6.45) is 0.980. The Bertz CT molecular complexity index is 457. The fraction of sp³-hybridized carbons (Fsp3) is 0.588. The number of nitrogens with one attached hydrogen (secondary N) is 1. The van der Waals surface area contributed by atoms with Crippen molar-refractivity contribution in [2.75, 3.05) is 45.6 Å². The third kappa shape index (κ3) is 5.38. The average Bonchev–Trinajstić information content (AvgIpc) is 2.45. The van der Waals surface area contributed by atoms with E-state index >= 15 is 0 Å². The van der Waals surface area contributed by atoms with Crippen molar-refractivity contribution in [3.8, 4) is 0 Å². The van der Waals surface area contributed by atoms with Crippen LogP contribution in [0.2, 0.25) is 0 Å². The molecule has 1 amide bonds. The van der Waals surface area contributed by atoms with Crippen LogP contribution in [0.25, 0.3) is 0 Å². The summed E-state index contributed by atoms with van der Waals surface area (Å²) in [6, 6.07) is 5.91. The van der Waals surface area contributed by atoms with Gasteiger partial charge in [-0.05, 0) is 58.1 Å². The molecule has 0 fully saturated rings. The highest BCUT2D eigenvalue weighted by Crippen LogP contribution is 2.17. The lowest BCUT2D eigenvalue weighted by molar-refractivity contribution is 0.0745. The minimum atomic E-state index is 0.129. The van der Waals surface area contributed by atoms with Gasteiger partial charge in [0.15, 0.2) is 0 Å². The van der Waals surface area contributed by atoms with E-state index in [0.29, 0.717) is 0 Å². The molecular weight excluding hydrogens is 262 g/mol. The Morgan fingerprint density at radius 3 is 2.38 bits per heavy atom. The smallest absolute Gasteiger partial charge is 0.253 e. The van der Waals surface area contributed by atoms with Crippen LogP contribution in [0.3, 0.4) is 0 Å². The standard InChI is InChI=1S/C17H29N3O/c1-6-10-20(12-11-19(4)5)17(21)15-8-9-16(18-7-2)14(3)13-15/h8-9,13,18H,6-7,10-12H2,1-5H3. The Hall–Kier alpha value is -1.55. The number of amides is 1. The number of anilines is 1. The Morgan fingerprint density at radius 1 is 1.14 bits per heavy atom. The zero-order valence-electron chi connectivity index (χ0n) is 14.1. The van der Waals surface area contributed by atoms with Crippen molar-refractivity contribution >= 4 is 11.6 Å². The molecule has 0 saturated carbocycles. The molecule has 0 unspecified atom stereocenters. The van der Waals surface area contributed by atoms with E-state index in [1.165, 1.54) is 0 Å². The van der Waals surface area contributed by atoms with Crippen molar-refractivity contribution in [1.29, 1.82) is 0 Å². The lowest BCUT2D eigenvalue weighted by atomic mass is 10.1. The normalized spacial score (nSPS) is 10.8. The topological polar surface area (TPSA) is 35.6 Å². The molecule has 0 atom stereocenters. The van der Waals surface area contributed by atoms with Crippen LogP contribution in [0.15, 0.2) is 18.2 Å². The molecule has 4 nitrogen and oxygen atoms in total. The summed E-state index contributed by atoms with van der Waals surface area (Å²) in [4.78, 5) is 16.7. The second-order valence-corrected chi connectivity index (χ2v) is 5.66. The summed E-state index contributed by atoms with van der Waals surface area (Å²) < 4.78 is 0. The molecular formula is C17H29N3O. The molecule has 1 rings (SSSR count). The van der Waals surface area contributed by atoms with Crippen molar-refractivity contribution in [2.45, 2.75) is 27.2 Å². The fourth-order valence-corrected chi connectivity index (χ4v) is 2.27. The Balaban J connectivity index is 2.85. The van der Waals surface area contributed by atoms with Gasteiger partial charge in [-0.2, -0.15) is 0 Å². The molecule has 0 radical (unpaired) electrons. The predicted molar refractivity (Wildman–Crippen MR) is 90.1 cm³/mol. The SMILES string of the molecule is CCCN(CCN(C)C)C(=O)c1ccc(NCC)c(C)c1. The summed E-state index contributed by atoms with van der Waals surface area (Å²) in [5.74, 6) is 0.129. The van der Waals surface area contributed by atoms with Crippen LogP contribution in [-0.4, -0.2) is 56.0 Å². The molecule has 0 heterocycles. The second-order valence-electron chi connectivity index (χ2n) is 5.66. The Labute approximate surface area is 129 Å². The number of aryl methyl sites for hydroxylation is 1. The van der Waals surface area contributed by atoms with Crippen LogP contribution >= 0.6 is 0 Å². The van der Waals surface area contributed by atoms with Gasteiger partial charge in [0.05, 0.1) is 0 Å². The summed E-state index contributed by atoms with van der Waals surface area (Å²) in [5.41, 5.74) is 3.00. The number of hydrogen-bond donors (Lipinski definition) is 1. The zero-order valence-corrected chi connectivity index (χ0v) is 14.1. The van der Waals surface area contributed by atoms with Crippen molar-refractivity contribution in [2.24, 2.45) is 0 Å². The first-order valence-corrected chi connectivity index (χ1v) is 7.78. The van der Waals surface area contributed by atoms with Gasteiger partial charge >= 0.3 is 0 Å². The molecule has 1 N–H and O–H groups in total. The zero-order chi connectivity index (χ0) is 15.8. The minimum Gasteiger partial charge on any atom is -0.385 e. The van der Waals surface area contributed by atoms with Crippen LogP contribution in [0.4, 0.5) is 5.69 Å². The maximum Gasteiger partial charge on any atom is 0.253 e. The van der Waals surface area contributed by atoms with E-state index in [9.17, 15) is 4.79 Å². The first-order valence-electron chi connectivity index (χ1n) is 7.78. The Morgan fingerprint density at radius 2 is 1.86 bits per heavy atom. The van der Waals surface area contributed by atoms with Crippen LogP contribution in [0.1, 0.15) is 36.2 Å². The predicted octanol–water partition coefficient (Wildman–Crippen LogP) is 2.84. The van der Waals surface area contributed by atoms with E-state index in [2.05, 4.69) is 24.1 Å². The molecule has 1 aromatic carbocycles. The van der Waals surface area contributed by atoms with E-state index in [1.807, 2.05) is 44.1 Å².